The van der Waals surface area contributed by atoms with Crippen molar-refractivity contribution in [1.82, 2.24) is 4.90 Å². The Morgan fingerprint density at radius 3 is 2.55 bits per heavy atom. The molecule has 0 aliphatic carbocycles. The summed E-state index contributed by atoms with van der Waals surface area (Å²) >= 11 is -2.77. The van der Waals surface area contributed by atoms with Crippen molar-refractivity contribution in [3.05, 3.63) is 29.3 Å². The van der Waals surface area contributed by atoms with Gasteiger partial charge in [-0.05, 0) is 18.2 Å². The molecule has 0 spiro atoms. The molecule has 1 aromatic carbocycles. The predicted octanol–water partition coefficient (Wildman–Crippen LogP) is -0.383. The van der Waals surface area contributed by atoms with E-state index in [0.717, 1.165) is 17.1 Å². The summed E-state index contributed by atoms with van der Waals surface area (Å²) in [6.45, 7) is -0.491. The zero-order chi connectivity index (χ0) is 16.4. The van der Waals surface area contributed by atoms with Crippen LogP contribution in [-0.2, 0) is 25.2 Å². The van der Waals surface area contributed by atoms with Crippen LogP contribution in [-0.4, -0.2) is 52.1 Å². The maximum Gasteiger partial charge on any atom is 0.325 e. The molecule has 0 fully saturated rings. The summed E-state index contributed by atoms with van der Waals surface area (Å²) in [7, 11) is 2.47. The molecule has 1 heterocycles. The molecule has 1 aromatic rings. The molecule has 10 heteroatoms. The monoisotopic (exact) mass is 327 g/mol. The van der Waals surface area contributed by atoms with E-state index in [9.17, 15) is 23.1 Å². The number of imide groups is 1. The van der Waals surface area contributed by atoms with Crippen molar-refractivity contribution in [2.45, 2.75) is 0 Å². The quantitative estimate of drug-likeness (QED) is 0.311. The summed E-state index contributed by atoms with van der Waals surface area (Å²) in [6.07, 6.45) is 0. The molecule has 1 unspecified atom stereocenters. The summed E-state index contributed by atoms with van der Waals surface area (Å²) < 4.78 is 29.9. The largest absolute Gasteiger partial charge is 0.748 e. The van der Waals surface area contributed by atoms with Crippen LogP contribution >= 0.6 is 0 Å². The number of amides is 2. The minimum atomic E-state index is -2.77. The van der Waals surface area contributed by atoms with Crippen LogP contribution in [0.5, 0.6) is 0 Å². The van der Waals surface area contributed by atoms with Crippen molar-refractivity contribution in [3.63, 3.8) is 0 Å². The van der Waals surface area contributed by atoms with Gasteiger partial charge in [-0.15, -0.1) is 0 Å². The van der Waals surface area contributed by atoms with Crippen molar-refractivity contribution in [2.24, 2.45) is 0 Å². The van der Waals surface area contributed by atoms with Crippen LogP contribution in [0.2, 0.25) is 0 Å². The van der Waals surface area contributed by atoms with E-state index in [1.165, 1.54) is 25.2 Å². The Balaban J connectivity index is 2.30. The Labute approximate surface area is 127 Å². The first-order chi connectivity index (χ1) is 10.3. The molecule has 0 saturated carbocycles. The zero-order valence-electron chi connectivity index (χ0n) is 11.6. The van der Waals surface area contributed by atoms with Crippen LogP contribution in [0, 0.1) is 0 Å². The molecule has 0 bridgehead atoms. The van der Waals surface area contributed by atoms with Gasteiger partial charge in [-0.2, -0.15) is 4.28 Å². The molecule has 9 nitrogen and oxygen atoms in total. The maximum absolute atomic E-state index is 12.2. The third kappa shape index (κ3) is 2.98. The van der Waals surface area contributed by atoms with Gasteiger partial charge in [0.25, 0.3) is 11.8 Å². The highest BCUT2D eigenvalue weighted by Crippen LogP contribution is 2.27. The lowest BCUT2D eigenvalue weighted by Gasteiger charge is -2.19. The second-order valence-electron chi connectivity index (χ2n) is 4.28. The Hall–Kier alpha value is -2.30. The average molecular weight is 327 g/mol. The first-order valence-corrected chi connectivity index (χ1v) is 6.93. The van der Waals surface area contributed by atoms with Crippen LogP contribution < -0.4 is 5.06 Å². The highest BCUT2D eigenvalue weighted by Gasteiger charge is 2.37. The van der Waals surface area contributed by atoms with Crippen LogP contribution in [0.15, 0.2) is 18.2 Å². The number of methoxy groups -OCH3 is 1. The molecule has 2 rings (SSSR count). The third-order valence-corrected chi connectivity index (χ3v) is 3.35. The number of hydroxylamine groups is 1. The number of ether oxygens (including phenoxy) is 1. The SMILES string of the molecule is COC(=O)CN1C(=O)c2ccc(N(C)OS(=O)[O-])cc2C1=O. The summed E-state index contributed by atoms with van der Waals surface area (Å²) in [5.41, 5.74) is 0.428. The molecular formula is C12H11N2O7S-. The number of fused-ring (bicyclic) bond motifs is 1. The lowest BCUT2D eigenvalue weighted by molar-refractivity contribution is -0.140. The molecule has 1 aliphatic heterocycles. The first-order valence-electron chi connectivity index (χ1n) is 5.93. The Morgan fingerprint density at radius 1 is 1.32 bits per heavy atom. The molecule has 1 aliphatic rings. The van der Waals surface area contributed by atoms with Crippen LogP contribution in [0.1, 0.15) is 20.7 Å². The van der Waals surface area contributed by atoms with Crippen LogP contribution in [0.3, 0.4) is 0 Å². The molecule has 2 amide bonds. The Kier molecular flexibility index (Phi) is 4.54. The summed E-state index contributed by atoms with van der Waals surface area (Å²) in [5, 5.41) is 0.921. The van der Waals surface area contributed by atoms with Crippen molar-refractivity contribution in [2.75, 3.05) is 25.8 Å². The van der Waals surface area contributed by atoms with E-state index < -0.39 is 35.7 Å². The summed E-state index contributed by atoms with van der Waals surface area (Å²) in [4.78, 5) is 36.2. The van der Waals surface area contributed by atoms with Gasteiger partial charge < -0.3 is 9.29 Å². The second-order valence-corrected chi connectivity index (χ2v) is 4.84. The van der Waals surface area contributed by atoms with E-state index in [0.29, 0.717) is 0 Å². The van der Waals surface area contributed by atoms with Crippen molar-refractivity contribution in [1.29, 1.82) is 0 Å². The molecule has 0 N–H and O–H groups in total. The van der Waals surface area contributed by atoms with E-state index in [1.807, 2.05) is 0 Å². The first kappa shape index (κ1) is 16.1. The van der Waals surface area contributed by atoms with Gasteiger partial charge >= 0.3 is 5.97 Å². The van der Waals surface area contributed by atoms with E-state index in [1.54, 1.807) is 0 Å². The summed E-state index contributed by atoms with van der Waals surface area (Å²) in [5.74, 6) is -2.01. The molecule has 1 atom stereocenters. The van der Waals surface area contributed by atoms with Crippen molar-refractivity contribution < 1.29 is 32.2 Å². The standard InChI is InChI=1S/C12H12N2O7S/c1-13(21-22(18)19)7-3-4-8-9(5-7)12(17)14(11(8)16)6-10(15)20-2/h3-5H,6H2,1-2H3,(H,18,19)/p-1. The number of nitrogens with zero attached hydrogens (tertiary/aromatic N) is 2. The van der Waals surface area contributed by atoms with Gasteiger partial charge in [-0.25, -0.2) is 9.27 Å². The Bertz CT molecular complexity index is 675. The minimum absolute atomic E-state index is 0.0542. The topological polar surface area (TPSA) is 116 Å². The van der Waals surface area contributed by atoms with Gasteiger partial charge in [-0.1, -0.05) is 0 Å². The van der Waals surface area contributed by atoms with Crippen LogP contribution in [0.4, 0.5) is 5.69 Å². The predicted molar refractivity (Wildman–Crippen MR) is 72.2 cm³/mol. The van der Waals surface area contributed by atoms with E-state index in [-0.39, 0.29) is 16.8 Å². The summed E-state index contributed by atoms with van der Waals surface area (Å²) in [6, 6.07) is 4.08. The number of carbonyl (C=O) groups is 3. The number of esters is 1. The smallest absolute Gasteiger partial charge is 0.325 e. The number of hydrogen-bond donors (Lipinski definition) is 0. The van der Waals surface area contributed by atoms with Crippen molar-refractivity contribution in [3.8, 4) is 0 Å². The number of carbonyl (C=O) groups excluding carboxylic acids is 3. The van der Waals surface area contributed by atoms with E-state index in [4.69, 9.17) is 0 Å². The van der Waals surface area contributed by atoms with Gasteiger partial charge in [0.05, 0.1) is 23.9 Å². The number of benzene rings is 1. The highest BCUT2D eigenvalue weighted by atomic mass is 32.2. The van der Waals surface area contributed by atoms with Gasteiger partial charge in [0.15, 0.2) is 0 Å². The number of rotatable bonds is 5. The molecule has 0 saturated heterocycles. The van der Waals surface area contributed by atoms with Gasteiger partial charge in [-0.3, -0.25) is 19.3 Å². The van der Waals surface area contributed by atoms with Gasteiger partial charge in [0.1, 0.15) is 17.9 Å². The lowest BCUT2D eigenvalue weighted by atomic mass is 10.1. The molecule has 0 radical (unpaired) electrons. The van der Waals surface area contributed by atoms with Crippen LogP contribution in [0.25, 0.3) is 0 Å². The fourth-order valence-corrected chi connectivity index (χ4v) is 2.21. The molecule has 118 valence electrons. The lowest BCUT2D eigenvalue weighted by Crippen LogP contribution is -2.35. The fraction of sp³-hybridized carbons (Fsp3) is 0.250. The molecule has 0 aromatic heterocycles. The third-order valence-electron chi connectivity index (χ3n) is 3.01. The average Bonchev–Trinajstić information content (AvgIpc) is 2.71. The van der Waals surface area contributed by atoms with E-state index >= 15 is 0 Å². The fourth-order valence-electron chi connectivity index (χ4n) is 1.95. The second kappa shape index (κ2) is 6.22. The maximum atomic E-state index is 12.2. The van der Waals surface area contributed by atoms with Gasteiger partial charge in [0, 0.05) is 7.05 Å². The highest BCUT2D eigenvalue weighted by molar-refractivity contribution is 7.74. The number of anilines is 1. The molecular weight excluding hydrogens is 316 g/mol. The minimum Gasteiger partial charge on any atom is -0.748 e. The number of hydrogen-bond acceptors (Lipinski definition) is 8. The van der Waals surface area contributed by atoms with Crippen molar-refractivity contribution >= 4 is 34.8 Å². The normalized spacial score (nSPS) is 14.8. The Morgan fingerprint density at radius 2 is 1.95 bits per heavy atom. The van der Waals surface area contributed by atoms with Gasteiger partial charge in [0.2, 0.25) is 0 Å². The van der Waals surface area contributed by atoms with E-state index in [2.05, 4.69) is 9.02 Å². The zero-order valence-corrected chi connectivity index (χ0v) is 12.4. The molecule has 22 heavy (non-hydrogen) atoms.